The number of aliphatic hydroxyl groups is 1. The Balaban J connectivity index is 1.78. The molecule has 0 bridgehead atoms. The van der Waals surface area contributed by atoms with E-state index in [-0.39, 0.29) is 12.4 Å². The molecule has 0 saturated carbocycles. The monoisotopic (exact) mass is 396 g/mol. The van der Waals surface area contributed by atoms with Gasteiger partial charge in [0.15, 0.2) is 5.78 Å². The van der Waals surface area contributed by atoms with Gasteiger partial charge >= 0.3 is 5.97 Å². The molecule has 2 aromatic carbocycles. The molecule has 2 aromatic rings. The van der Waals surface area contributed by atoms with Gasteiger partial charge in [0.1, 0.15) is 5.75 Å². The Labute approximate surface area is 171 Å². The highest BCUT2D eigenvalue weighted by atomic mass is 16.5. The molecule has 0 aliphatic carbocycles. The summed E-state index contributed by atoms with van der Waals surface area (Å²) < 4.78 is 5.73. The predicted molar refractivity (Wildman–Crippen MR) is 113 cm³/mol. The first-order valence-corrected chi connectivity index (χ1v) is 9.99. The van der Waals surface area contributed by atoms with Crippen molar-refractivity contribution in [3.63, 3.8) is 0 Å². The zero-order valence-electron chi connectivity index (χ0n) is 16.5. The van der Waals surface area contributed by atoms with E-state index in [4.69, 9.17) is 14.9 Å². The van der Waals surface area contributed by atoms with Crippen molar-refractivity contribution < 1.29 is 24.5 Å². The predicted octanol–water partition coefficient (Wildman–Crippen LogP) is 4.73. The standard InChI is InChI=1S/C24H28O5/c25-17-5-3-1-2-4-6-18-29-22-14-12-21(13-15-22)24(28)20-10-7-19(8-11-20)9-16-23(26)27/h7-16,25H,1-6,17-18H2,(H,26,27)/b16-9+. The highest BCUT2D eigenvalue weighted by Gasteiger charge is 2.09. The molecular weight excluding hydrogens is 368 g/mol. The van der Waals surface area contributed by atoms with E-state index in [1.165, 1.54) is 6.08 Å². The Kier molecular flexibility index (Phi) is 9.66. The molecule has 0 aliphatic heterocycles. The molecule has 0 aliphatic rings. The maximum absolute atomic E-state index is 12.6. The van der Waals surface area contributed by atoms with Crippen molar-refractivity contribution in [1.82, 2.24) is 0 Å². The Bertz CT molecular complexity index is 791. The number of carboxylic acid groups (broad SMARTS) is 1. The molecule has 0 unspecified atom stereocenters. The number of ketones is 1. The number of carbonyl (C=O) groups is 2. The number of ether oxygens (including phenoxy) is 1. The van der Waals surface area contributed by atoms with Crippen molar-refractivity contribution in [2.45, 2.75) is 38.5 Å². The molecule has 0 heterocycles. The minimum atomic E-state index is -1.01. The van der Waals surface area contributed by atoms with Crippen molar-refractivity contribution >= 4 is 17.8 Å². The van der Waals surface area contributed by atoms with E-state index in [0.717, 1.165) is 55.9 Å². The second-order valence-electron chi connectivity index (χ2n) is 6.84. The van der Waals surface area contributed by atoms with Crippen molar-refractivity contribution in [2.75, 3.05) is 13.2 Å². The van der Waals surface area contributed by atoms with E-state index < -0.39 is 5.97 Å². The third-order valence-corrected chi connectivity index (χ3v) is 4.53. The van der Waals surface area contributed by atoms with Gasteiger partial charge in [-0.3, -0.25) is 4.79 Å². The Morgan fingerprint density at radius 1 is 0.793 bits per heavy atom. The molecule has 0 spiro atoms. The van der Waals surface area contributed by atoms with Gasteiger partial charge in [-0.15, -0.1) is 0 Å². The smallest absolute Gasteiger partial charge is 0.328 e. The third-order valence-electron chi connectivity index (χ3n) is 4.53. The molecule has 154 valence electrons. The van der Waals surface area contributed by atoms with Gasteiger partial charge in [-0.05, 0) is 48.7 Å². The van der Waals surface area contributed by atoms with E-state index in [9.17, 15) is 9.59 Å². The van der Waals surface area contributed by atoms with E-state index in [1.54, 1.807) is 48.5 Å². The van der Waals surface area contributed by atoms with Crippen molar-refractivity contribution in [3.8, 4) is 5.75 Å². The molecule has 0 aromatic heterocycles. The quantitative estimate of drug-likeness (QED) is 0.291. The summed E-state index contributed by atoms with van der Waals surface area (Å²) in [5, 5.41) is 17.4. The summed E-state index contributed by atoms with van der Waals surface area (Å²) in [5.41, 5.74) is 1.85. The van der Waals surface area contributed by atoms with Crippen LogP contribution in [0.15, 0.2) is 54.6 Å². The van der Waals surface area contributed by atoms with Gasteiger partial charge in [-0.2, -0.15) is 0 Å². The SMILES string of the molecule is O=C(O)/C=C/c1ccc(C(=O)c2ccc(OCCCCCCCCO)cc2)cc1. The van der Waals surface area contributed by atoms with Gasteiger partial charge in [0.2, 0.25) is 0 Å². The maximum Gasteiger partial charge on any atom is 0.328 e. The first kappa shape index (κ1) is 22.4. The van der Waals surface area contributed by atoms with Crippen LogP contribution in [0.1, 0.15) is 60.0 Å². The summed E-state index contributed by atoms with van der Waals surface area (Å²) in [5.74, 6) is -0.352. The number of rotatable bonds is 13. The number of unbranched alkanes of at least 4 members (excludes halogenated alkanes) is 5. The minimum absolute atomic E-state index is 0.0896. The van der Waals surface area contributed by atoms with E-state index in [2.05, 4.69) is 0 Å². The molecule has 0 atom stereocenters. The molecule has 0 fully saturated rings. The molecule has 5 heteroatoms. The molecule has 2 N–H and O–H groups in total. The van der Waals surface area contributed by atoms with E-state index >= 15 is 0 Å². The van der Waals surface area contributed by atoms with E-state index in [0.29, 0.717) is 17.7 Å². The van der Waals surface area contributed by atoms with Crippen LogP contribution in [0.5, 0.6) is 5.75 Å². The first-order chi connectivity index (χ1) is 14.1. The van der Waals surface area contributed by atoms with Crippen LogP contribution in [0.3, 0.4) is 0 Å². The lowest BCUT2D eigenvalue weighted by molar-refractivity contribution is -0.131. The molecule has 0 radical (unpaired) electrons. The maximum atomic E-state index is 12.6. The summed E-state index contributed by atoms with van der Waals surface area (Å²) in [6, 6.07) is 13.9. The molecule has 2 rings (SSSR count). The lowest BCUT2D eigenvalue weighted by Gasteiger charge is -2.07. The lowest BCUT2D eigenvalue weighted by atomic mass is 10.0. The Morgan fingerprint density at radius 3 is 1.93 bits per heavy atom. The van der Waals surface area contributed by atoms with Crippen LogP contribution in [-0.4, -0.2) is 35.2 Å². The van der Waals surface area contributed by atoms with Crippen LogP contribution in [-0.2, 0) is 4.79 Å². The van der Waals surface area contributed by atoms with Crippen molar-refractivity contribution in [1.29, 1.82) is 0 Å². The fourth-order valence-corrected chi connectivity index (χ4v) is 2.89. The fourth-order valence-electron chi connectivity index (χ4n) is 2.89. The highest BCUT2D eigenvalue weighted by Crippen LogP contribution is 2.17. The van der Waals surface area contributed by atoms with Gasteiger partial charge in [0.05, 0.1) is 6.61 Å². The number of carbonyl (C=O) groups excluding carboxylic acids is 1. The summed E-state index contributed by atoms with van der Waals surface area (Å²) in [7, 11) is 0. The van der Waals surface area contributed by atoms with Crippen molar-refractivity contribution in [2.24, 2.45) is 0 Å². The van der Waals surface area contributed by atoms with Gasteiger partial charge in [-0.25, -0.2) is 4.79 Å². The van der Waals surface area contributed by atoms with Crippen LogP contribution in [0.4, 0.5) is 0 Å². The Morgan fingerprint density at radius 2 is 1.34 bits per heavy atom. The molecular formula is C24H28O5. The van der Waals surface area contributed by atoms with Crippen LogP contribution in [0.2, 0.25) is 0 Å². The van der Waals surface area contributed by atoms with Crippen LogP contribution < -0.4 is 4.74 Å². The number of hydrogen-bond acceptors (Lipinski definition) is 4. The van der Waals surface area contributed by atoms with Crippen LogP contribution in [0.25, 0.3) is 6.08 Å². The molecule has 29 heavy (non-hydrogen) atoms. The largest absolute Gasteiger partial charge is 0.494 e. The van der Waals surface area contributed by atoms with Crippen molar-refractivity contribution in [3.05, 3.63) is 71.3 Å². The van der Waals surface area contributed by atoms with E-state index in [1.807, 2.05) is 0 Å². The zero-order chi connectivity index (χ0) is 20.9. The number of aliphatic carboxylic acids is 1. The molecule has 5 nitrogen and oxygen atoms in total. The average molecular weight is 396 g/mol. The summed E-state index contributed by atoms with van der Waals surface area (Å²) in [6.07, 6.45) is 8.91. The topological polar surface area (TPSA) is 83.8 Å². The second kappa shape index (κ2) is 12.5. The minimum Gasteiger partial charge on any atom is -0.494 e. The number of aliphatic hydroxyl groups excluding tert-OH is 1. The normalized spacial score (nSPS) is 10.9. The zero-order valence-corrected chi connectivity index (χ0v) is 16.5. The third kappa shape index (κ3) is 8.32. The summed E-state index contributed by atoms with van der Waals surface area (Å²) in [4.78, 5) is 23.1. The molecule has 0 saturated heterocycles. The summed E-state index contributed by atoms with van der Waals surface area (Å²) in [6.45, 7) is 0.926. The average Bonchev–Trinajstić information content (AvgIpc) is 2.74. The fraction of sp³-hybridized carbons (Fsp3) is 0.333. The molecule has 0 amide bonds. The number of benzene rings is 2. The van der Waals surface area contributed by atoms with Gasteiger partial charge in [-0.1, -0.05) is 49.9 Å². The lowest BCUT2D eigenvalue weighted by Crippen LogP contribution is -2.02. The summed E-state index contributed by atoms with van der Waals surface area (Å²) >= 11 is 0. The number of hydrogen-bond donors (Lipinski definition) is 2. The number of carboxylic acids is 1. The van der Waals surface area contributed by atoms with Crippen LogP contribution in [0, 0.1) is 0 Å². The highest BCUT2D eigenvalue weighted by molar-refractivity contribution is 6.09. The van der Waals surface area contributed by atoms with Gasteiger partial charge in [0, 0.05) is 23.8 Å². The first-order valence-electron chi connectivity index (χ1n) is 9.99. The van der Waals surface area contributed by atoms with Gasteiger partial charge < -0.3 is 14.9 Å². The Hall–Kier alpha value is -2.92. The van der Waals surface area contributed by atoms with Crippen LogP contribution >= 0.6 is 0 Å². The second-order valence-corrected chi connectivity index (χ2v) is 6.84. The van der Waals surface area contributed by atoms with Gasteiger partial charge in [0.25, 0.3) is 0 Å².